The van der Waals surface area contributed by atoms with E-state index in [9.17, 15) is 13.6 Å². The molecule has 0 fully saturated rings. The Bertz CT molecular complexity index is 1620. The molecular weight excluding hydrogens is 564 g/mol. The Labute approximate surface area is 248 Å². The molecule has 0 saturated carbocycles. The maximum absolute atomic E-state index is 13.6. The largest absolute Gasteiger partial charge is 0.433 e. The molecule has 1 amide bonds. The van der Waals surface area contributed by atoms with Crippen LogP contribution < -0.4 is 20.3 Å². The van der Waals surface area contributed by atoms with Gasteiger partial charge in [-0.1, -0.05) is 48.5 Å². The Balaban J connectivity index is 1.79. The van der Waals surface area contributed by atoms with Crippen molar-refractivity contribution in [1.29, 1.82) is 0 Å². The number of nitrogens with zero attached hydrogens (tertiary/aromatic N) is 5. The van der Waals surface area contributed by atoms with Gasteiger partial charge in [-0.05, 0) is 26.2 Å². The summed E-state index contributed by atoms with van der Waals surface area (Å²) in [6, 6.07) is 10.8. The predicted octanol–water partition coefficient (Wildman–Crippen LogP) is 6.31. The Morgan fingerprint density at radius 1 is 1.19 bits per heavy atom. The van der Waals surface area contributed by atoms with Crippen LogP contribution in [0.25, 0.3) is 22.2 Å². The van der Waals surface area contributed by atoms with E-state index in [0.717, 1.165) is 16.5 Å². The van der Waals surface area contributed by atoms with Crippen LogP contribution in [0, 0.1) is 0 Å². The second kappa shape index (κ2) is 13.5. The van der Waals surface area contributed by atoms with E-state index in [1.165, 1.54) is 36.6 Å². The highest BCUT2D eigenvalue weighted by atomic mass is 35.5. The lowest BCUT2D eigenvalue weighted by atomic mass is 10.1. The summed E-state index contributed by atoms with van der Waals surface area (Å²) in [6.45, 7) is 1.71. The van der Waals surface area contributed by atoms with Crippen molar-refractivity contribution >= 4 is 51.4 Å². The fraction of sp³-hybridized carbons (Fsp3) is 0.233. The molecule has 0 spiro atoms. The zero-order valence-corrected chi connectivity index (χ0v) is 24.5. The highest BCUT2D eigenvalue weighted by Gasteiger charge is 2.20. The number of halogens is 3. The average molecular weight is 596 g/mol. The first-order valence-electron chi connectivity index (χ1n) is 13.0. The molecule has 4 rings (SSSR count). The lowest BCUT2D eigenvalue weighted by Crippen LogP contribution is -2.29. The quantitative estimate of drug-likeness (QED) is 0.147. The number of carbonyl (C=O) groups excluding carboxylic acids is 1. The minimum Gasteiger partial charge on any atom is -0.433 e. The lowest BCUT2D eigenvalue weighted by molar-refractivity contribution is -0.111. The number of rotatable bonds is 12. The summed E-state index contributed by atoms with van der Waals surface area (Å²) < 4.78 is 34.0. The van der Waals surface area contributed by atoms with Crippen LogP contribution in [0.15, 0.2) is 73.6 Å². The number of hydrogen-bond donors (Lipinski definition) is 2. The van der Waals surface area contributed by atoms with Crippen molar-refractivity contribution in [2.75, 3.05) is 49.8 Å². The maximum atomic E-state index is 13.6. The third-order valence-corrected chi connectivity index (χ3v) is 6.67. The van der Waals surface area contributed by atoms with Gasteiger partial charge in [0, 0.05) is 62.0 Å². The number of allylic oxidation sites excluding steroid dienone is 2. The van der Waals surface area contributed by atoms with E-state index in [1.807, 2.05) is 66.0 Å². The van der Waals surface area contributed by atoms with Crippen LogP contribution in [0.2, 0.25) is 5.02 Å². The van der Waals surface area contributed by atoms with Crippen LogP contribution >= 0.6 is 11.6 Å². The highest BCUT2D eigenvalue weighted by molar-refractivity contribution is 6.33. The standard InChI is InChI=1S/C30H32ClF2N7O2/c1-6-7-12-27(41)35-22-15-23(26(42-29(32)33)16-25(22)39(4)14-13-38(2)3)36-30-34-17-21(31)28(37-30)20-18-40(5)24-11-9-8-10-19(20)24/h6-12,15-18,29H,1,13-14H2,2-5H3,(H,35,41)(H,34,36,37)/b12-7+. The van der Waals surface area contributed by atoms with E-state index in [1.54, 1.807) is 7.05 Å². The SMILES string of the molecule is C=C/C=C/C(=O)Nc1cc(Nc2ncc(Cl)c(-c3cn(C)c4ccccc34)n2)c(OC(F)F)cc1N(C)CCN(C)C. The van der Waals surface area contributed by atoms with Crippen molar-refractivity contribution in [2.24, 2.45) is 7.05 Å². The number of fused-ring (bicyclic) bond motifs is 1. The Morgan fingerprint density at radius 3 is 2.67 bits per heavy atom. The van der Waals surface area contributed by atoms with Crippen LogP contribution in [0.4, 0.5) is 31.8 Å². The van der Waals surface area contributed by atoms with Gasteiger partial charge in [-0.15, -0.1) is 0 Å². The van der Waals surface area contributed by atoms with Gasteiger partial charge < -0.3 is 29.7 Å². The van der Waals surface area contributed by atoms with Crippen molar-refractivity contribution < 1.29 is 18.3 Å². The Morgan fingerprint density at radius 2 is 1.95 bits per heavy atom. The van der Waals surface area contributed by atoms with Gasteiger partial charge in [-0.2, -0.15) is 8.78 Å². The van der Waals surface area contributed by atoms with Crippen molar-refractivity contribution in [3.63, 3.8) is 0 Å². The first kappa shape index (κ1) is 30.5. The summed E-state index contributed by atoms with van der Waals surface area (Å²) >= 11 is 6.52. The zero-order chi connectivity index (χ0) is 30.4. The van der Waals surface area contributed by atoms with Gasteiger partial charge in [0.1, 0.15) is 0 Å². The number of hydrogen-bond acceptors (Lipinski definition) is 7. The molecule has 2 heterocycles. The molecule has 0 atom stereocenters. The van der Waals surface area contributed by atoms with E-state index < -0.39 is 12.5 Å². The Hall–Kier alpha value is -4.48. The van der Waals surface area contributed by atoms with Crippen LogP contribution in [0.1, 0.15) is 0 Å². The molecule has 12 heteroatoms. The molecule has 4 aromatic rings. The number of aryl methyl sites for hydroxylation is 1. The molecule has 0 radical (unpaired) electrons. The molecule has 42 heavy (non-hydrogen) atoms. The number of amides is 1. The van der Waals surface area contributed by atoms with E-state index in [0.29, 0.717) is 35.2 Å². The monoisotopic (exact) mass is 595 g/mol. The summed E-state index contributed by atoms with van der Waals surface area (Å²) in [6.07, 6.45) is 7.63. The van der Waals surface area contributed by atoms with E-state index in [-0.39, 0.29) is 17.4 Å². The second-order valence-electron chi connectivity index (χ2n) is 9.74. The topological polar surface area (TPSA) is 87.5 Å². The van der Waals surface area contributed by atoms with Crippen LogP contribution in [-0.2, 0) is 11.8 Å². The summed E-state index contributed by atoms with van der Waals surface area (Å²) in [5.41, 5.74) is 3.20. The first-order chi connectivity index (χ1) is 20.1. The highest BCUT2D eigenvalue weighted by Crippen LogP contribution is 2.40. The number of likely N-dealkylation sites (N-methyl/N-ethyl adjacent to an activating group) is 2. The van der Waals surface area contributed by atoms with Crippen molar-refractivity contribution in [1.82, 2.24) is 19.4 Å². The summed E-state index contributed by atoms with van der Waals surface area (Å²) in [5, 5.41) is 7.06. The van der Waals surface area contributed by atoms with Crippen molar-refractivity contribution in [3.05, 3.63) is 78.6 Å². The number of aromatic nitrogens is 3. The minimum atomic E-state index is -3.10. The predicted molar refractivity (Wildman–Crippen MR) is 165 cm³/mol. The fourth-order valence-electron chi connectivity index (χ4n) is 4.34. The van der Waals surface area contributed by atoms with Crippen LogP contribution in [0.5, 0.6) is 5.75 Å². The summed E-state index contributed by atoms with van der Waals surface area (Å²) in [4.78, 5) is 25.3. The number of alkyl halides is 2. The van der Waals surface area contributed by atoms with Crippen LogP contribution in [0.3, 0.4) is 0 Å². The third kappa shape index (κ3) is 7.23. The molecular formula is C30H32ClF2N7O2. The van der Waals surface area contributed by atoms with Gasteiger partial charge in [-0.3, -0.25) is 4.79 Å². The molecule has 0 saturated heterocycles. The van der Waals surface area contributed by atoms with Crippen molar-refractivity contribution in [2.45, 2.75) is 6.61 Å². The number of carbonyl (C=O) groups is 1. The van der Waals surface area contributed by atoms with Gasteiger partial charge >= 0.3 is 6.61 Å². The molecule has 2 N–H and O–H groups in total. The molecule has 0 bridgehead atoms. The molecule has 9 nitrogen and oxygen atoms in total. The molecule has 0 aliphatic carbocycles. The van der Waals surface area contributed by atoms with Gasteiger partial charge in [-0.25, -0.2) is 9.97 Å². The number of nitrogens with one attached hydrogen (secondary N) is 2. The van der Waals surface area contributed by atoms with Crippen molar-refractivity contribution in [3.8, 4) is 17.0 Å². The van der Waals surface area contributed by atoms with E-state index >= 15 is 0 Å². The van der Waals surface area contributed by atoms with E-state index in [4.69, 9.17) is 16.3 Å². The molecule has 220 valence electrons. The van der Waals surface area contributed by atoms with Gasteiger partial charge in [0.2, 0.25) is 11.9 Å². The first-order valence-corrected chi connectivity index (χ1v) is 13.4. The number of benzene rings is 2. The normalized spacial score (nSPS) is 11.5. The fourth-order valence-corrected chi connectivity index (χ4v) is 4.54. The summed E-state index contributed by atoms with van der Waals surface area (Å²) in [5.74, 6) is -0.479. The number of anilines is 4. The van der Waals surface area contributed by atoms with E-state index in [2.05, 4.69) is 27.2 Å². The molecule has 0 aliphatic heterocycles. The zero-order valence-electron chi connectivity index (χ0n) is 23.7. The number of ether oxygens (including phenoxy) is 1. The number of para-hydroxylation sites is 1. The maximum Gasteiger partial charge on any atom is 0.387 e. The minimum absolute atomic E-state index is 0.0963. The van der Waals surface area contributed by atoms with Gasteiger partial charge in [0.15, 0.2) is 5.75 Å². The average Bonchev–Trinajstić information content (AvgIpc) is 3.28. The molecule has 2 aromatic heterocycles. The molecule has 0 unspecified atom stereocenters. The summed E-state index contributed by atoms with van der Waals surface area (Å²) in [7, 11) is 7.57. The van der Waals surface area contributed by atoms with Gasteiger partial charge in [0.25, 0.3) is 0 Å². The lowest BCUT2D eigenvalue weighted by Gasteiger charge is -2.26. The second-order valence-corrected chi connectivity index (χ2v) is 10.1. The smallest absolute Gasteiger partial charge is 0.387 e. The third-order valence-electron chi connectivity index (χ3n) is 6.39. The van der Waals surface area contributed by atoms with Crippen LogP contribution in [-0.4, -0.2) is 66.2 Å². The molecule has 2 aromatic carbocycles. The molecule has 0 aliphatic rings. The van der Waals surface area contributed by atoms with Gasteiger partial charge in [0.05, 0.1) is 34.0 Å². The Kier molecular flexibility index (Phi) is 9.76.